The molecule has 2 atom stereocenters. The van der Waals surface area contributed by atoms with Gasteiger partial charge >= 0.3 is 6.18 Å². The molecule has 1 amide bonds. The van der Waals surface area contributed by atoms with Crippen LogP contribution in [0.25, 0.3) is 10.4 Å². The fourth-order valence-corrected chi connectivity index (χ4v) is 1.82. The molecule has 1 saturated heterocycles. The summed E-state index contributed by atoms with van der Waals surface area (Å²) in [5.74, 6) is -3.39. The lowest BCUT2D eigenvalue weighted by Gasteiger charge is -2.18. The van der Waals surface area contributed by atoms with E-state index >= 15 is 0 Å². The number of azide groups is 1. The van der Waals surface area contributed by atoms with E-state index in [0.29, 0.717) is 0 Å². The van der Waals surface area contributed by atoms with Crippen LogP contribution in [0.3, 0.4) is 0 Å². The lowest BCUT2D eigenvalue weighted by molar-refractivity contribution is -0.183. The van der Waals surface area contributed by atoms with Gasteiger partial charge in [0.05, 0.1) is 5.92 Å². The molecule has 1 rings (SSSR count). The van der Waals surface area contributed by atoms with Crippen LogP contribution in [0.1, 0.15) is 0 Å². The van der Waals surface area contributed by atoms with E-state index in [1.54, 1.807) is 0 Å². The van der Waals surface area contributed by atoms with Crippen LogP contribution in [0.5, 0.6) is 0 Å². The Morgan fingerprint density at radius 2 is 2.18 bits per heavy atom. The number of amides is 1. The van der Waals surface area contributed by atoms with Crippen LogP contribution in [0.4, 0.5) is 13.2 Å². The number of halogens is 3. The predicted molar refractivity (Wildman–Crippen MR) is 50.7 cm³/mol. The van der Waals surface area contributed by atoms with Crippen molar-refractivity contribution in [3.8, 4) is 0 Å². The maximum Gasteiger partial charge on any atom is 0.393 e. The monoisotopic (exact) mass is 252 g/mol. The van der Waals surface area contributed by atoms with Gasteiger partial charge in [-0.15, -0.1) is 0 Å². The van der Waals surface area contributed by atoms with Crippen molar-refractivity contribution in [1.82, 2.24) is 4.90 Å². The zero-order chi connectivity index (χ0) is 13.1. The summed E-state index contributed by atoms with van der Waals surface area (Å²) in [5.41, 5.74) is 8.00. The molecule has 0 aliphatic carbocycles. The van der Waals surface area contributed by atoms with Crippen LogP contribution < -0.4 is 0 Å². The highest BCUT2D eigenvalue weighted by atomic mass is 19.4. The Morgan fingerprint density at radius 1 is 1.53 bits per heavy atom. The molecular weight excluding hydrogens is 241 g/mol. The van der Waals surface area contributed by atoms with Crippen LogP contribution in [-0.2, 0) is 4.79 Å². The normalized spacial score (nSPS) is 24.6. The first-order chi connectivity index (χ1) is 7.90. The highest BCUT2D eigenvalue weighted by Gasteiger charge is 2.50. The zero-order valence-corrected chi connectivity index (χ0v) is 8.76. The van der Waals surface area contributed by atoms with Crippen LogP contribution in [-0.4, -0.2) is 48.3 Å². The Bertz CT molecular complexity index is 340. The molecule has 0 saturated carbocycles. The van der Waals surface area contributed by atoms with Gasteiger partial charge in [-0.25, -0.2) is 0 Å². The maximum absolute atomic E-state index is 12.6. The van der Waals surface area contributed by atoms with Gasteiger partial charge < -0.3 is 10.0 Å². The van der Waals surface area contributed by atoms with Gasteiger partial charge in [-0.05, 0) is 5.53 Å². The number of carbonyl (C=O) groups is 1. The van der Waals surface area contributed by atoms with Crippen molar-refractivity contribution in [2.45, 2.75) is 6.18 Å². The third-order valence-electron chi connectivity index (χ3n) is 2.72. The number of aliphatic hydroxyl groups excluding tert-OH is 1. The molecule has 0 unspecified atom stereocenters. The first-order valence-corrected chi connectivity index (χ1v) is 4.86. The lowest BCUT2D eigenvalue weighted by atomic mass is 9.97. The molecule has 0 aromatic heterocycles. The van der Waals surface area contributed by atoms with Crippen LogP contribution in [0.2, 0.25) is 0 Å². The third-order valence-corrected chi connectivity index (χ3v) is 2.72. The largest absolute Gasteiger partial charge is 0.396 e. The molecule has 0 spiro atoms. The summed E-state index contributed by atoms with van der Waals surface area (Å²) in [6.07, 6.45) is -4.44. The lowest BCUT2D eigenvalue weighted by Crippen LogP contribution is -2.33. The second kappa shape index (κ2) is 5.24. The van der Waals surface area contributed by atoms with Crippen molar-refractivity contribution in [3.63, 3.8) is 0 Å². The minimum absolute atomic E-state index is 0.166. The van der Waals surface area contributed by atoms with Crippen molar-refractivity contribution in [2.24, 2.45) is 17.0 Å². The average molecular weight is 252 g/mol. The van der Waals surface area contributed by atoms with Crippen LogP contribution in [0.15, 0.2) is 5.11 Å². The summed E-state index contributed by atoms with van der Waals surface area (Å²) in [6.45, 7) is -1.79. The Morgan fingerprint density at radius 3 is 2.59 bits per heavy atom. The van der Waals surface area contributed by atoms with Gasteiger partial charge in [0.1, 0.15) is 6.54 Å². The molecule has 1 N–H and O–H groups in total. The molecule has 9 heteroatoms. The Balaban J connectivity index is 2.69. The Hall–Kier alpha value is -1.47. The van der Waals surface area contributed by atoms with Gasteiger partial charge in [-0.1, -0.05) is 5.11 Å². The maximum atomic E-state index is 12.6. The number of alkyl halides is 3. The van der Waals surface area contributed by atoms with Crippen molar-refractivity contribution < 1.29 is 23.1 Å². The molecule has 96 valence electrons. The SMILES string of the molecule is [N-]=[N+]=NCC(=O)N1C[C@@H](CO)[C@H](C(F)(F)F)C1. The molecule has 6 nitrogen and oxygen atoms in total. The summed E-state index contributed by atoms with van der Waals surface area (Å²) in [5, 5.41) is 11.9. The molecule has 17 heavy (non-hydrogen) atoms. The molecule has 0 aromatic rings. The van der Waals surface area contributed by atoms with Crippen molar-refractivity contribution in [1.29, 1.82) is 0 Å². The van der Waals surface area contributed by atoms with E-state index in [4.69, 9.17) is 10.6 Å². The summed E-state index contributed by atoms with van der Waals surface area (Å²) < 4.78 is 37.7. The number of hydrogen-bond acceptors (Lipinski definition) is 3. The van der Waals surface area contributed by atoms with Gasteiger partial charge in [-0.3, -0.25) is 4.79 Å². The predicted octanol–water partition coefficient (Wildman–Crippen LogP) is 0.926. The molecular formula is C8H11F3N4O2. The first kappa shape index (κ1) is 13.6. The summed E-state index contributed by atoms with van der Waals surface area (Å²) in [4.78, 5) is 14.7. The van der Waals surface area contributed by atoms with E-state index in [-0.39, 0.29) is 6.54 Å². The van der Waals surface area contributed by atoms with Crippen molar-refractivity contribution >= 4 is 5.91 Å². The van der Waals surface area contributed by atoms with E-state index in [1.165, 1.54) is 0 Å². The molecule has 1 heterocycles. The third kappa shape index (κ3) is 3.24. The van der Waals surface area contributed by atoms with E-state index < -0.39 is 43.6 Å². The first-order valence-electron chi connectivity index (χ1n) is 4.86. The number of nitrogens with zero attached hydrogens (tertiary/aromatic N) is 4. The summed E-state index contributed by atoms with van der Waals surface area (Å²) >= 11 is 0. The fourth-order valence-electron chi connectivity index (χ4n) is 1.82. The average Bonchev–Trinajstić information content (AvgIpc) is 2.69. The second-order valence-corrected chi connectivity index (χ2v) is 3.78. The molecule has 1 aliphatic rings. The van der Waals surface area contributed by atoms with E-state index in [0.717, 1.165) is 4.90 Å². The Kier molecular flexibility index (Phi) is 4.19. The van der Waals surface area contributed by atoms with E-state index in [9.17, 15) is 18.0 Å². The molecule has 1 fully saturated rings. The zero-order valence-electron chi connectivity index (χ0n) is 8.76. The number of rotatable bonds is 3. The quantitative estimate of drug-likeness (QED) is 0.460. The Labute approximate surface area is 94.6 Å². The molecule has 0 radical (unpaired) electrons. The second-order valence-electron chi connectivity index (χ2n) is 3.78. The van der Waals surface area contributed by atoms with Crippen molar-refractivity contribution in [2.75, 3.05) is 26.2 Å². The standard InChI is InChI=1S/C8H11F3N4O2/c9-8(10,11)6-3-15(2-5(6)4-16)7(17)1-13-14-12/h5-6,16H,1-4H2/t5-,6+/m0/s1. The highest BCUT2D eigenvalue weighted by Crippen LogP contribution is 2.37. The minimum Gasteiger partial charge on any atom is -0.396 e. The van der Waals surface area contributed by atoms with Crippen LogP contribution in [0, 0.1) is 11.8 Å². The van der Waals surface area contributed by atoms with Crippen molar-refractivity contribution in [3.05, 3.63) is 10.4 Å². The molecule has 0 bridgehead atoms. The number of aliphatic hydroxyl groups is 1. The van der Waals surface area contributed by atoms with Gasteiger partial charge in [-0.2, -0.15) is 13.2 Å². The molecule has 1 aliphatic heterocycles. The topological polar surface area (TPSA) is 89.3 Å². The fraction of sp³-hybridized carbons (Fsp3) is 0.875. The number of likely N-dealkylation sites (tertiary alicyclic amines) is 1. The van der Waals surface area contributed by atoms with E-state index in [2.05, 4.69) is 10.0 Å². The number of carbonyl (C=O) groups excluding carboxylic acids is 1. The minimum atomic E-state index is -4.44. The highest BCUT2D eigenvalue weighted by molar-refractivity contribution is 5.78. The van der Waals surface area contributed by atoms with Crippen LogP contribution >= 0.6 is 0 Å². The van der Waals surface area contributed by atoms with Gasteiger partial charge in [0.2, 0.25) is 5.91 Å². The molecule has 0 aromatic carbocycles. The van der Waals surface area contributed by atoms with Gasteiger partial charge in [0.15, 0.2) is 0 Å². The number of hydrogen-bond donors (Lipinski definition) is 1. The summed E-state index contributed by atoms with van der Waals surface area (Å²) in [7, 11) is 0. The van der Waals surface area contributed by atoms with Gasteiger partial charge in [0, 0.05) is 30.5 Å². The summed E-state index contributed by atoms with van der Waals surface area (Å²) in [6, 6.07) is 0. The van der Waals surface area contributed by atoms with Gasteiger partial charge in [0.25, 0.3) is 0 Å². The smallest absolute Gasteiger partial charge is 0.393 e. The van der Waals surface area contributed by atoms with E-state index in [1.807, 2.05) is 0 Å².